The molecule has 0 heterocycles. The minimum Gasteiger partial charge on any atom is -0.374 e. The number of urea groups is 1. The fraction of sp³-hybridized carbons (Fsp3) is 0.250. The highest BCUT2D eigenvalue weighted by Gasteiger charge is 2.09. The lowest BCUT2D eigenvalue weighted by Gasteiger charge is -2.12. The van der Waals surface area contributed by atoms with E-state index >= 15 is 0 Å². The number of carbonyl (C=O) groups excluding carboxylic acids is 3. The van der Waals surface area contributed by atoms with Crippen LogP contribution in [0.1, 0.15) is 6.92 Å². The highest BCUT2D eigenvalue weighted by Crippen LogP contribution is 2.25. The molecule has 4 N–H and O–H groups in total. The van der Waals surface area contributed by atoms with Crippen LogP contribution in [0.2, 0.25) is 5.02 Å². The van der Waals surface area contributed by atoms with Gasteiger partial charge in [-0.1, -0.05) is 11.6 Å². The molecule has 1 rings (SSSR count). The largest absolute Gasteiger partial charge is 0.374 e. The lowest BCUT2D eigenvalue weighted by atomic mass is 10.2. The number of imide groups is 1. The van der Waals surface area contributed by atoms with Crippen molar-refractivity contribution in [3.8, 4) is 0 Å². The minimum absolute atomic E-state index is 0.139. The van der Waals surface area contributed by atoms with E-state index in [1.807, 2.05) is 0 Å². The van der Waals surface area contributed by atoms with E-state index in [1.54, 1.807) is 18.2 Å². The Labute approximate surface area is 121 Å². The molecule has 0 aliphatic carbocycles. The van der Waals surface area contributed by atoms with E-state index < -0.39 is 11.9 Å². The average molecular weight is 299 g/mol. The van der Waals surface area contributed by atoms with Crippen molar-refractivity contribution in [1.29, 1.82) is 0 Å². The molecule has 0 fully saturated rings. The summed E-state index contributed by atoms with van der Waals surface area (Å²) in [6.45, 7) is 1.23. The zero-order valence-corrected chi connectivity index (χ0v) is 11.8. The summed E-state index contributed by atoms with van der Waals surface area (Å²) in [7, 11) is 1.40. The van der Waals surface area contributed by atoms with Crippen LogP contribution in [-0.4, -0.2) is 31.4 Å². The summed E-state index contributed by atoms with van der Waals surface area (Å²) in [5.74, 6) is -0.761. The average Bonchev–Trinajstić information content (AvgIpc) is 2.38. The number of amides is 4. The van der Waals surface area contributed by atoms with Crippen molar-refractivity contribution in [2.24, 2.45) is 0 Å². The number of benzene rings is 1. The van der Waals surface area contributed by atoms with Gasteiger partial charge in [0.2, 0.25) is 11.8 Å². The van der Waals surface area contributed by atoms with E-state index in [1.165, 1.54) is 14.0 Å². The molecule has 0 bridgehead atoms. The molecule has 20 heavy (non-hydrogen) atoms. The highest BCUT2D eigenvalue weighted by molar-refractivity contribution is 6.31. The Morgan fingerprint density at radius 1 is 1.20 bits per heavy atom. The molecule has 0 unspecified atom stereocenters. The molecule has 0 spiro atoms. The molecule has 1 aromatic carbocycles. The van der Waals surface area contributed by atoms with Gasteiger partial charge in [0.15, 0.2) is 0 Å². The first-order valence-electron chi connectivity index (χ1n) is 5.75. The zero-order valence-electron chi connectivity index (χ0n) is 11.0. The summed E-state index contributed by atoms with van der Waals surface area (Å²) in [5, 5.41) is 10.2. The summed E-state index contributed by atoms with van der Waals surface area (Å²) in [5.41, 5.74) is 0.981. The Morgan fingerprint density at radius 2 is 1.90 bits per heavy atom. The lowest BCUT2D eigenvalue weighted by molar-refractivity contribution is -0.118. The third-order valence-corrected chi connectivity index (χ3v) is 2.45. The SMILES string of the molecule is CNC(=O)NC(=O)CNc1cc(Cl)ccc1NC(C)=O. The molecule has 0 atom stereocenters. The molecule has 1 aromatic rings. The van der Waals surface area contributed by atoms with Gasteiger partial charge in [0.25, 0.3) is 0 Å². The maximum absolute atomic E-state index is 11.4. The van der Waals surface area contributed by atoms with Crippen LogP contribution in [-0.2, 0) is 9.59 Å². The van der Waals surface area contributed by atoms with Crippen molar-refractivity contribution in [2.75, 3.05) is 24.2 Å². The predicted octanol–water partition coefficient (Wildman–Crippen LogP) is 1.17. The van der Waals surface area contributed by atoms with E-state index in [-0.39, 0.29) is 12.5 Å². The van der Waals surface area contributed by atoms with Gasteiger partial charge in [-0.2, -0.15) is 0 Å². The Kier molecular flexibility index (Phi) is 5.79. The van der Waals surface area contributed by atoms with Crippen molar-refractivity contribution in [3.63, 3.8) is 0 Å². The van der Waals surface area contributed by atoms with Crippen LogP contribution in [0.25, 0.3) is 0 Å². The molecule has 0 aliphatic heterocycles. The van der Waals surface area contributed by atoms with E-state index in [0.29, 0.717) is 16.4 Å². The second-order valence-electron chi connectivity index (χ2n) is 3.85. The van der Waals surface area contributed by atoms with Crippen molar-refractivity contribution < 1.29 is 14.4 Å². The molecule has 0 radical (unpaired) electrons. The number of nitrogens with one attached hydrogen (secondary N) is 4. The quantitative estimate of drug-likeness (QED) is 0.670. The number of hydrogen-bond acceptors (Lipinski definition) is 4. The normalized spacial score (nSPS) is 9.55. The Bertz CT molecular complexity index is 533. The fourth-order valence-corrected chi connectivity index (χ4v) is 1.54. The standard InChI is InChI=1S/C12H15ClN4O3/c1-7(18)16-9-4-3-8(13)5-10(9)15-6-11(19)17-12(20)14-2/h3-5,15H,6H2,1-2H3,(H,16,18)(H2,14,17,19,20). The number of halogens is 1. The van der Waals surface area contributed by atoms with Gasteiger partial charge >= 0.3 is 6.03 Å². The van der Waals surface area contributed by atoms with Gasteiger partial charge in [0, 0.05) is 19.0 Å². The smallest absolute Gasteiger partial charge is 0.321 e. The van der Waals surface area contributed by atoms with Crippen LogP contribution in [0.4, 0.5) is 16.2 Å². The highest BCUT2D eigenvalue weighted by atomic mass is 35.5. The molecule has 0 saturated carbocycles. The van der Waals surface area contributed by atoms with Gasteiger partial charge in [-0.25, -0.2) is 4.79 Å². The minimum atomic E-state index is -0.593. The second-order valence-corrected chi connectivity index (χ2v) is 4.29. The van der Waals surface area contributed by atoms with E-state index in [0.717, 1.165) is 0 Å². The summed E-state index contributed by atoms with van der Waals surface area (Å²) >= 11 is 5.86. The maximum atomic E-state index is 11.4. The molecule has 8 heteroatoms. The van der Waals surface area contributed by atoms with Crippen LogP contribution in [0.3, 0.4) is 0 Å². The number of anilines is 2. The molecule has 108 valence electrons. The number of hydrogen-bond donors (Lipinski definition) is 4. The van der Waals surface area contributed by atoms with Crippen LogP contribution in [0, 0.1) is 0 Å². The Hall–Kier alpha value is -2.28. The Morgan fingerprint density at radius 3 is 2.50 bits per heavy atom. The van der Waals surface area contributed by atoms with Gasteiger partial charge in [-0.3, -0.25) is 14.9 Å². The van der Waals surface area contributed by atoms with Crippen molar-refractivity contribution in [1.82, 2.24) is 10.6 Å². The first kappa shape index (κ1) is 15.8. The summed E-state index contributed by atoms with van der Waals surface area (Å²) in [6, 6.07) is 4.20. The van der Waals surface area contributed by atoms with E-state index in [4.69, 9.17) is 11.6 Å². The molecule has 4 amide bonds. The summed E-state index contributed by atoms with van der Waals surface area (Å²) < 4.78 is 0. The topological polar surface area (TPSA) is 99.3 Å². The van der Waals surface area contributed by atoms with Gasteiger partial charge in [-0.15, -0.1) is 0 Å². The van der Waals surface area contributed by atoms with Gasteiger partial charge < -0.3 is 16.0 Å². The van der Waals surface area contributed by atoms with Gasteiger partial charge in [-0.05, 0) is 18.2 Å². The van der Waals surface area contributed by atoms with Crippen LogP contribution in [0.5, 0.6) is 0 Å². The molecular formula is C12H15ClN4O3. The molecule has 0 aromatic heterocycles. The second kappa shape index (κ2) is 7.34. The van der Waals surface area contributed by atoms with Crippen LogP contribution in [0.15, 0.2) is 18.2 Å². The third kappa shape index (κ3) is 5.15. The van der Waals surface area contributed by atoms with Crippen molar-refractivity contribution in [3.05, 3.63) is 23.2 Å². The molecular weight excluding hydrogens is 284 g/mol. The van der Waals surface area contributed by atoms with Crippen LogP contribution < -0.4 is 21.3 Å². The lowest BCUT2D eigenvalue weighted by Crippen LogP contribution is -2.40. The zero-order chi connectivity index (χ0) is 15.1. The fourth-order valence-electron chi connectivity index (χ4n) is 1.37. The maximum Gasteiger partial charge on any atom is 0.321 e. The predicted molar refractivity (Wildman–Crippen MR) is 76.8 cm³/mol. The molecule has 7 nitrogen and oxygen atoms in total. The summed E-state index contributed by atoms with van der Waals surface area (Å²) in [6.07, 6.45) is 0. The molecule has 0 saturated heterocycles. The number of carbonyl (C=O) groups is 3. The first-order valence-corrected chi connectivity index (χ1v) is 6.12. The van der Waals surface area contributed by atoms with Crippen LogP contribution >= 0.6 is 11.6 Å². The van der Waals surface area contributed by atoms with Crippen molar-refractivity contribution >= 4 is 40.8 Å². The third-order valence-electron chi connectivity index (χ3n) is 2.21. The summed E-state index contributed by atoms with van der Waals surface area (Å²) in [4.78, 5) is 33.5. The Balaban J connectivity index is 2.71. The number of rotatable bonds is 4. The first-order chi connectivity index (χ1) is 9.42. The van der Waals surface area contributed by atoms with Gasteiger partial charge in [0.1, 0.15) is 0 Å². The van der Waals surface area contributed by atoms with Gasteiger partial charge in [0.05, 0.1) is 17.9 Å². The van der Waals surface area contributed by atoms with Crippen molar-refractivity contribution in [2.45, 2.75) is 6.92 Å². The van der Waals surface area contributed by atoms with E-state index in [2.05, 4.69) is 21.3 Å². The van der Waals surface area contributed by atoms with E-state index in [9.17, 15) is 14.4 Å². The molecule has 0 aliphatic rings. The monoisotopic (exact) mass is 298 g/mol.